The molecule has 0 bridgehead atoms. The highest BCUT2D eigenvalue weighted by Gasteiger charge is 2.31. The summed E-state index contributed by atoms with van der Waals surface area (Å²) in [6.45, 7) is 0.639. The summed E-state index contributed by atoms with van der Waals surface area (Å²) >= 11 is 2.79. The molecule has 0 aromatic heterocycles. The molecule has 3 aromatic rings. The van der Waals surface area contributed by atoms with Gasteiger partial charge in [0.05, 0.1) is 12.3 Å². The van der Waals surface area contributed by atoms with Crippen LogP contribution in [0.3, 0.4) is 0 Å². The quantitative estimate of drug-likeness (QED) is 0.275. The number of hydrogen-bond acceptors (Lipinski definition) is 4. The predicted molar refractivity (Wildman–Crippen MR) is 122 cm³/mol. The van der Waals surface area contributed by atoms with E-state index in [0.29, 0.717) is 6.54 Å². The maximum Gasteiger partial charge on any atom is 0.191 e. The predicted octanol–water partition coefficient (Wildman–Crippen LogP) is 6.19. The van der Waals surface area contributed by atoms with E-state index in [4.69, 9.17) is 5.10 Å². The third-order valence-corrected chi connectivity index (χ3v) is 6.23. The molecule has 1 aliphatic rings. The third kappa shape index (κ3) is 4.74. The summed E-state index contributed by atoms with van der Waals surface area (Å²) in [6, 6.07) is 22.8. The fraction of sp³-hybridized carbons (Fsp3) is 0.130. The van der Waals surface area contributed by atoms with Gasteiger partial charge in [-0.3, -0.25) is 0 Å². The van der Waals surface area contributed by atoms with Crippen LogP contribution in [-0.4, -0.2) is 28.7 Å². The maximum absolute atomic E-state index is 13.4. The number of benzene rings is 3. The lowest BCUT2D eigenvalue weighted by Gasteiger charge is -2.16. The number of nitrogens with zero attached hydrogens (tertiary/aromatic N) is 3. The molecule has 0 radical (unpaired) electrons. The van der Waals surface area contributed by atoms with E-state index in [0.717, 1.165) is 26.9 Å². The van der Waals surface area contributed by atoms with Crippen LogP contribution in [0.15, 0.2) is 93.3 Å². The van der Waals surface area contributed by atoms with Gasteiger partial charge in [-0.2, -0.15) is 9.50 Å². The molecule has 0 amide bonds. The number of hydrogen-bond donors (Lipinski definition) is 0. The highest BCUT2D eigenvalue weighted by molar-refractivity contribution is 8.14. The molecular formula is C23H19F2N3S2. The van der Waals surface area contributed by atoms with Crippen LogP contribution >= 0.6 is 23.7 Å². The summed E-state index contributed by atoms with van der Waals surface area (Å²) < 4.78 is 31.2. The second-order valence-electron chi connectivity index (χ2n) is 6.66. The zero-order chi connectivity index (χ0) is 20.9. The van der Waals surface area contributed by atoms with Crippen LogP contribution in [0.25, 0.3) is 0 Å². The summed E-state index contributed by atoms with van der Waals surface area (Å²) in [5, 5.41) is 7.48. The number of amidine groups is 1. The van der Waals surface area contributed by atoms with Crippen molar-refractivity contribution in [2.45, 2.75) is 10.8 Å². The van der Waals surface area contributed by atoms with Gasteiger partial charge in [-0.1, -0.05) is 54.2 Å². The average Bonchev–Trinajstić information content (AvgIpc) is 3.22. The summed E-state index contributed by atoms with van der Waals surface area (Å²) in [5.74, 6) is -0.496. The number of thioether (sulfide) groups is 1. The van der Waals surface area contributed by atoms with Gasteiger partial charge in [0.15, 0.2) is 5.17 Å². The van der Waals surface area contributed by atoms with E-state index < -0.39 is 0 Å². The Balaban J connectivity index is 1.64. The Morgan fingerprint density at radius 3 is 2.20 bits per heavy atom. The minimum atomic E-state index is -0.271. The molecule has 1 atom stereocenters. The van der Waals surface area contributed by atoms with E-state index in [1.807, 2.05) is 29.5 Å². The van der Waals surface area contributed by atoms with E-state index in [1.54, 1.807) is 24.3 Å². The van der Waals surface area contributed by atoms with Gasteiger partial charge in [-0.25, -0.2) is 13.8 Å². The van der Waals surface area contributed by atoms with Crippen LogP contribution in [0.1, 0.15) is 17.0 Å². The number of hydrazone groups is 1. The smallest absolute Gasteiger partial charge is 0.191 e. The molecule has 3 nitrogen and oxygen atoms in total. The Kier molecular flexibility index (Phi) is 6.50. The summed E-state index contributed by atoms with van der Waals surface area (Å²) in [6.07, 6.45) is 1.95. The van der Waals surface area contributed by atoms with E-state index in [1.165, 1.54) is 48.0 Å². The fourth-order valence-corrected chi connectivity index (χ4v) is 4.50. The van der Waals surface area contributed by atoms with Crippen LogP contribution in [0.4, 0.5) is 8.78 Å². The Hall–Kier alpha value is -2.64. The summed E-state index contributed by atoms with van der Waals surface area (Å²) in [7, 11) is 0. The molecule has 4 rings (SSSR count). The van der Waals surface area contributed by atoms with Crippen molar-refractivity contribution >= 4 is 34.6 Å². The van der Waals surface area contributed by atoms with E-state index >= 15 is 0 Å². The van der Waals surface area contributed by atoms with Gasteiger partial charge >= 0.3 is 0 Å². The van der Waals surface area contributed by atoms with Crippen molar-refractivity contribution in [3.63, 3.8) is 0 Å². The van der Waals surface area contributed by atoms with Crippen molar-refractivity contribution in [1.29, 1.82) is 0 Å². The molecule has 3 aromatic carbocycles. The van der Waals surface area contributed by atoms with E-state index in [2.05, 4.69) is 16.5 Å². The third-order valence-electron chi connectivity index (χ3n) is 4.70. The molecular weight excluding hydrogens is 420 g/mol. The molecule has 0 aliphatic carbocycles. The second kappa shape index (κ2) is 9.45. The lowest BCUT2D eigenvalue weighted by Crippen LogP contribution is -2.23. The Labute approximate surface area is 183 Å². The van der Waals surface area contributed by atoms with Gasteiger partial charge in [0.2, 0.25) is 0 Å². The number of rotatable bonds is 4. The monoisotopic (exact) mass is 439 g/mol. The molecule has 0 N–H and O–H groups in total. The molecule has 152 valence electrons. The van der Waals surface area contributed by atoms with Crippen LogP contribution in [-0.2, 0) is 0 Å². The fourth-order valence-electron chi connectivity index (χ4n) is 3.23. The normalized spacial score (nSPS) is 16.6. The minimum absolute atomic E-state index is 0.0461. The lowest BCUT2D eigenvalue weighted by molar-refractivity contribution is 0.485. The topological polar surface area (TPSA) is 28.0 Å². The van der Waals surface area contributed by atoms with Crippen LogP contribution in [0.5, 0.6) is 0 Å². The first kappa shape index (κ1) is 20.6. The molecule has 0 spiro atoms. The van der Waals surface area contributed by atoms with Crippen molar-refractivity contribution in [2.24, 2.45) is 9.50 Å². The maximum atomic E-state index is 13.4. The standard InChI is InChI=1S/C23H19F2N3S2/c1-29-23(27-30-20-13-11-19(25)12-14-20)28-15-21(16-5-3-2-4-6-16)22(26-28)17-7-9-18(24)10-8-17/h2-14,21H,15H2,1H3. The van der Waals surface area contributed by atoms with Gasteiger partial charge in [0.1, 0.15) is 11.6 Å². The number of halogens is 2. The van der Waals surface area contributed by atoms with Gasteiger partial charge in [0.25, 0.3) is 0 Å². The van der Waals surface area contributed by atoms with Crippen molar-refractivity contribution in [1.82, 2.24) is 5.01 Å². The van der Waals surface area contributed by atoms with Crippen molar-refractivity contribution in [3.05, 3.63) is 102 Å². The molecule has 1 heterocycles. The van der Waals surface area contributed by atoms with Gasteiger partial charge in [-0.05, 0) is 53.8 Å². The van der Waals surface area contributed by atoms with Crippen molar-refractivity contribution in [3.8, 4) is 0 Å². The molecule has 30 heavy (non-hydrogen) atoms. The SMILES string of the molecule is CSC(=NSc1ccc(F)cc1)N1CC(c2ccccc2)C(c2ccc(F)cc2)=N1. The minimum Gasteiger partial charge on any atom is -0.241 e. The Morgan fingerprint density at radius 2 is 1.57 bits per heavy atom. The highest BCUT2D eigenvalue weighted by Crippen LogP contribution is 2.31. The molecule has 0 fully saturated rings. The van der Waals surface area contributed by atoms with Gasteiger partial charge in [-0.15, -0.1) is 0 Å². The van der Waals surface area contributed by atoms with Crippen LogP contribution in [0, 0.1) is 11.6 Å². The first-order valence-electron chi connectivity index (χ1n) is 9.35. The van der Waals surface area contributed by atoms with E-state index in [-0.39, 0.29) is 17.6 Å². The molecule has 1 aliphatic heterocycles. The second-order valence-corrected chi connectivity index (χ2v) is 8.27. The van der Waals surface area contributed by atoms with Crippen LogP contribution < -0.4 is 0 Å². The largest absolute Gasteiger partial charge is 0.241 e. The summed E-state index contributed by atoms with van der Waals surface area (Å²) in [4.78, 5) is 0.851. The zero-order valence-electron chi connectivity index (χ0n) is 16.2. The molecule has 0 saturated carbocycles. The van der Waals surface area contributed by atoms with Gasteiger partial charge in [0, 0.05) is 22.8 Å². The van der Waals surface area contributed by atoms with Crippen molar-refractivity contribution in [2.75, 3.05) is 12.8 Å². The molecule has 1 unspecified atom stereocenters. The zero-order valence-corrected chi connectivity index (χ0v) is 17.8. The van der Waals surface area contributed by atoms with Gasteiger partial charge < -0.3 is 0 Å². The Bertz CT molecular complexity index is 1050. The molecule has 0 saturated heterocycles. The van der Waals surface area contributed by atoms with E-state index in [9.17, 15) is 8.78 Å². The van der Waals surface area contributed by atoms with Crippen LogP contribution in [0.2, 0.25) is 0 Å². The van der Waals surface area contributed by atoms with Crippen molar-refractivity contribution < 1.29 is 8.78 Å². The lowest BCUT2D eigenvalue weighted by atomic mass is 9.91. The highest BCUT2D eigenvalue weighted by atomic mass is 32.2. The average molecular weight is 440 g/mol. The first-order valence-corrected chi connectivity index (χ1v) is 11.4. The first-order chi connectivity index (χ1) is 14.6. The molecule has 7 heteroatoms. The Morgan fingerprint density at radius 1 is 0.933 bits per heavy atom. The summed E-state index contributed by atoms with van der Waals surface area (Å²) in [5.41, 5.74) is 2.92.